The van der Waals surface area contributed by atoms with Gasteiger partial charge in [0.2, 0.25) is 5.91 Å². The fourth-order valence-corrected chi connectivity index (χ4v) is 7.92. The minimum absolute atomic E-state index is 0.0133. The third kappa shape index (κ3) is 4.22. The van der Waals surface area contributed by atoms with Crippen LogP contribution in [0.25, 0.3) is 0 Å². The third-order valence-electron chi connectivity index (χ3n) is 7.88. The van der Waals surface area contributed by atoms with E-state index < -0.39 is 11.9 Å². The van der Waals surface area contributed by atoms with Crippen LogP contribution in [0.1, 0.15) is 56.9 Å². The molecule has 1 aliphatic heterocycles. The Hall–Kier alpha value is -2.79. The Morgan fingerprint density at radius 2 is 1.82 bits per heavy atom. The molecule has 1 atom stereocenters. The van der Waals surface area contributed by atoms with Gasteiger partial charge in [-0.15, -0.1) is 0 Å². The van der Waals surface area contributed by atoms with Gasteiger partial charge >= 0.3 is 5.97 Å². The van der Waals surface area contributed by atoms with E-state index in [4.69, 9.17) is 4.74 Å². The smallest absolute Gasteiger partial charge is 0.336 e. The average Bonchev–Trinajstić information content (AvgIpc) is 2.81. The van der Waals surface area contributed by atoms with E-state index in [9.17, 15) is 14.9 Å². The Morgan fingerprint density at radius 1 is 1.21 bits per heavy atom. The molecule has 1 amide bonds. The number of allylic oxidation sites excluding steroid dienone is 2. The number of ether oxygens (including phenoxy) is 1. The summed E-state index contributed by atoms with van der Waals surface area (Å²) in [4.78, 5) is 29.7. The van der Waals surface area contributed by atoms with Gasteiger partial charge in [0.1, 0.15) is 0 Å². The molecule has 4 fully saturated rings. The lowest BCUT2D eigenvalue weighted by Gasteiger charge is -2.56. The summed E-state index contributed by atoms with van der Waals surface area (Å²) in [5, 5.41) is 17.3. The van der Waals surface area contributed by atoms with Gasteiger partial charge in [0.05, 0.1) is 41.0 Å². The van der Waals surface area contributed by atoms with Gasteiger partial charge in [-0.2, -0.15) is 5.26 Å². The summed E-state index contributed by atoms with van der Waals surface area (Å²) in [5.74, 6) is 1.46. The number of nitriles is 1. The molecule has 1 unspecified atom stereocenters. The van der Waals surface area contributed by atoms with Crippen LogP contribution < -0.4 is 10.6 Å². The van der Waals surface area contributed by atoms with Crippen LogP contribution in [0.2, 0.25) is 0 Å². The van der Waals surface area contributed by atoms with Gasteiger partial charge in [0, 0.05) is 23.6 Å². The van der Waals surface area contributed by atoms with Crippen LogP contribution in [0, 0.1) is 29.1 Å². The van der Waals surface area contributed by atoms with Crippen LogP contribution in [0.4, 0.5) is 0 Å². The molecule has 6 rings (SSSR count). The second-order valence-electron chi connectivity index (χ2n) is 10.3. The predicted octanol–water partition coefficient (Wildman–Crippen LogP) is 3.77. The molecule has 178 valence electrons. The Balaban J connectivity index is 1.34. The molecule has 34 heavy (non-hydrogen) atoms. The van der Waals surface area contributed by atoms with Gasteiger partial charge in [0.15, 0.2) is 0 Å². The number of hydrogen-bond acceptors (Lipinski definition) is 7. The molecule has 2 N–H and O–H groups in total. The van der Waals surface area contributed by atoms with Crippen LogP contribution in [0.5, 0.6) is 0 Å². The van der Waals surface area contributed by atoms with Gasteiger partial charge in [-0.1, -0.05) is 11.8 Å². The summed E-state index contributed by atoms with van der Waals surface area (Å²) in [7, 11) is 1.33. The van der Waals surface area contributed by atoms with Gasteiger partial charge < -0.3 is 15.4 Å². The van der Waals surface area contributed by atoms with E-state index in [0.29, 0.717) is 21.9 Å². The molecule has 2 heterocycles. The number of pyridine rings is 1. The Bertz CT molecular complexity index is 1070. The summed E-state index contributed by atoms with van der Waals surface area (Å²) in [6, 6.07) is 5.88. The lowest BCUT2D eigenvalue weighted by Crippen LogP contribution is -2.60. The molecule has 0 saturated heterocycles. The molecule has 1 aromatic rings. The highest BCUT2D eigenvalue weighted by Crippen LogP contribution is 2.55. The van der Waals surface area contributed by atoms with Crippen LogP contribution >= 0.6 is 11.8 Å². The largest absolute Gasteiger partial charge is 0.466 e. The number of methoxy groups -OCH3 is 1. The summed E-state index contributed by atoms with van der Waals surface area (Å²) in [6.45, 7) is 1.80. The van der Waals surface area contributed by atoms with Crippen molar-refractivity contribution in [2.45, 2.75) is 56.9 Å². The number of nitrogens with zero attached hydrogens (tertiary/aromatic N) is 2. The highest BCUT2D eigenvalue weighted by atomic mass is 32.2. The lowest BCUT2D eigenvalue weighted by molar-refractivity contribution is -0.136. The minimum atomic E-state index is -0.574. The number of nitrogens with one attached hydrogen (secondary N) is 2. The van der Waals surface area contributed by atoms with Crippen molar-refractivity contribution in [1.82, 2.24) is 15.6 Å². The molecule has 4 bridgehead atoms. The van der Waals surface area contributed by atoms with E-state index in [1.807, 2.05) is 0 Å². The summed E-state index contributed by atoms with van der Waals surface area (Å²) >= 11 is 1.32. The highest BCUT2D eigenvalue weighted by Gasteiger charge is 2.51. The number of aromatic nitrogens is 1. The van der Waals surface area contributed by atoms with Crippen LogP contribution in [0.3, 0.4) is 0 Å². The molecule has 0 spiro atoms. The number of thioether (sulfide) groups is 1. The molecular weight excluding hydrogens is 448 g/mol. The quantitative estimate of drug-likeness (QED) is 0.600. The number of carbonyl (C=O) groups is 2. The van der Waals surface area contributed by atoms with Gasteiger partial charge in [0.25, 0.3) is 0 Å². The maximum atomic E-state index is 13.1. The van der Waals surface area contributed by atoms with E-state index in [-0.39, 0.29) is 17.2 Å². The average molecular weight is 479 g/mol. The Labute approximate surface area is 204 Å². The standard InChI is InChI=1S/C26H30N4O3S/c1-15-22(25(32)33-2)23(19-3-5-28-6-4-19)20(13-27)24(29-15)34-14-21(31)30-26-10-16-7-17(11-26)9-18(8-16)12-26/h3-6,16-18,23,29H,7-12,14H2,1-2H3,(H,30,31). The maximum Gasteiger partial charge on any atom is 0.336 e. The summed E-state index contributed by atoms with van der Waals surface area (Å²) in [6.07, 6.45) is 10.6. The van der Waals surface area contributed by atoms with Crippen molar-refractivity contribution in [2.24, 2.45) is 17.8 Å². The molecular formula is C26H30N4O3S. The van der Waals surface area contributed by atoms with Crippen molar-refractivity contribution >= 4 is 23.6 Å². The molecule has 1 aromatic heterocycles. The third-order valence-corrected chi connectivity index (χ3v) is 8.90. The van der Waals surface area contributed by atoms with Gasteiger partial charge in [-0.3, -0.25) is 9.78 Å². The van der Waals surface area contributed by atoms with Gasteiger partial charge in [-0.25, -0.2) is 4.79 Å². The monoisotopic (exact) mass is 478 g/mol. The zero-order valence-corrected chi connectivity index (χ0v) is 20.4. The maximum absolute atomic E-state index is 13.1. The molecule has 5 aliphatic rings. The molecule has 4 aliphatic carbocycles. The van der Waals surface area contributed by atoms with Crippen molar-refractivity contribution < 1.29 is 14.3 Å². The molecule has 7 nitrogen and oxygen atoms in total. The van der Waals surface area contributed by atoms with Crippen molar-refractivity contribution in [2.75, 3.05) is 12.9 Å². The van der Waals surface area contributed by atoms with E-state index in [2.05, 4.69) is 21.7 Å². The van der Waals surface area contributed by atoms with Crippen molar-refractivity contribution in [3.63, 3.8) is 0 Å². The van der Waals surface area contributed by atoms with Crippen LogP contribution in [-0.2, 0) is 14.3 Å². The molecule has 0 radical (unpaired) electrons. The number of dihydropyridines is 1. The van der Waals surface area contributed by atoms with E-state index >= 15 is 0 Å². The molecule has 0 aromatic carbocycles. The van der Waals surface area contributed by atoms with Crippen molar-refractivity contribution in [3.05, 3.63) is 52.0 Å². The zero-order valence-electron chi connectivity index (χ0n) is 19.6. The van der Waals surface area contributed by atoms with Gasteiger partial charge in [-0.05, 0) is 80.9 Å². The fraction of sp³-hybridized carbons (Fsp3) is 0.538. The Kier molecular flexibility index (Phi) is 6.15. The lowest BCUT2D eigenvalue weighted by atomic mass is 9.53. The normalized spacial score (nSPS) is 31.7. The predicted molar refractivity (Wildman–Crippen MR) is 129 cm³/mol. The van der Waals surface area contributed by atoms with Crippen molar-refractivity contribution in [3.8, 4) is 6.07 Å². The first-order valence-corrected chi connectivity index (χ1v) is 12.9. The minimum Gasteiger partial charge on any atom is -0.466 e. The Morgan fingerprint density at radius 3 is 2.38 bits per heavy atom. The second-order valence-corrected chi connectivity index (χ2v) is 11.2. The number of carbonyl (C=O) groups excluding carboxylic acids is 2. The fourth-order valence-electron chi connectivity index (χ4n) is 7.03. The topological polar surface area (TPSA) is 104 Å². The van der Waals surface area contributed by atoms with E-state index in [1.165, 1.54) is 38.1 Å². The number of amides is 1. The van der Waals surface area contributed by atoms with Crippen LogP contribution in [0.15, 0.2) is 46.4 Å². The SMILES string of the molecule is COC(=O)C1=C(C)NC(SCC(=O)NC23CC4CC(CC(C4)C2)C3)=C(C#N)C1c1ccncc1. The van der Waals surface area contributed by atoms with Crippen LogP contribution in [-0.4, -0.2) is 35.3 Å². The first-order chi connectivity index (χ1) is 16.4. The van der Waals surface area contributed by atoms with E-state index in [0.717, 1.165) is 42.6 Å². The van der Waals surface area contributed by atoms with Crippen molar-refractivity contribution in [1.29, 1.82) is 5.26 Å². The summed E-state index contributed by atoms with van der Waals surface area (Å²) in [5.41, 5.74) is 2.17. The van der Waals surface area contributed by atoms with E-state index in [1.54, 1.807) is 31.5 Å². The first kappa shape index (κ1) is 23.0. The second kappa shape index (κ2) is 9.10. The molecule has 8 heteroatoms. The molecule has 4 saturated carbocycles. The summed E-state index contributed by atoms with van der Waals surface area (Å²) < 4.78 is 5.02. The number of rotatable bonds is 6. The number of esters is 1. The number of hydrogen-bond donors (Lipinski definition) is 2. The highest BCUT2D eigenvalue weighted by molar-refractivity contribution is 8.03. The first-order valence-electron chi connectivity index (χ1n) is 12.0. The zero-order chi connectivity index (χ0) is 23.9.